The van der Waals surface area contributed by atoms with E-state index < -0.39 is 18.4 Å². The Bertz CT molecular complexity index is 271. The fraction of sp³-hybridized carbons (Fsp3) is 1.00. The van der Waals surface area contributed by atoms with E-state index in [1.165, 1.54) is 62.9 Å². The van der Waals surface area contributed by atoms with E-state index in [1.807, 2.05) is 0 Å². The SMILES string of the molecule is CCC[CH2][Sn]([CH2]CCC)([CH2]CCC)[C]1(OCOC)CCSCC1. The zero-order chi connectivity index (χ0) is 17.0. The Morgan fingerprint density at radius 2 is 1.35 bits per heavy atom. The minimum atomic E-state index is -2.39. The molecule has 0 aromatic rings. The molecule has 1 saturated heterocycles. The van der Waals surface area contributed by atoms with Gasteiger partial charge < -0.3 is 0 Å². The molecular formula is C19H40O2SSn. The van der Waals surface area contributed by atoms with E-state index in [2.05, 4.69) is 32.5 Å². The molecule has 2 nitrogen and oxygen atoms in total. The van der Waals surface area contributed by atoms with Crippen molar-refractivity contribution in [1.82, 2.24) is 0 Å². The topological polar surface area (TPSA) is 18.5 Å². The molecule has 0 radical (unpaired) electrons. The molecule has 0 N–H and O–H groups in total. The molecule has 0 aromatic heterocycles. The molecule has 0 unspecified atom stereocenters. The molecule has 0 saturated carbocycles. The van der Waals surface area contributed by atoms with Gasteiger partial charge >= 0.3 is 154 Å². The Hall–Kier alpha value is 1.07. The van der Waals surface area contributed by atoms with Crippen molar-refractivity contribution in [1.29, 1.82) is 0 Å². The van der Waals surface area contributed by atoms with E-state index in [9.17, 15) is 0 Å². The number of methoxy groups -OCH3 is 1. The third kappa shape index (κ3) is 6.38. The summed E-state index contributed by atoms with van der Waals surface area (Å²) in [6.07, 6.45) is 10.9. The fourth-order valence-corrected chi connectivity index (χ4v) is 26.1. The van der Waals surface area contributed by atoms with Crippen molar-refractivity contribution in [2.75, 3.05) is 25.4 Å². The summed E-state index contributed by atoms with van der Waals surface area (Å²) in [4.78, 5) is 0. The van der Waals surface area contributed by atoms with Crippen LogP contribution in [0.3, 0.4) is 0 Å². The van der Waals surface area contributed by atoms with Gasteiger partial charge in [-0.15, -0.1) is 0 Å². The molecule has 0 aliphatic carbocycles. The summed E-state index contributed by atoms with van der Waals surface area (Å²) in [6, 6.07) is 0. The van der Waals surface area contributed by atoms with E-state index in [0.717, 1.165) is 0 Å². The molecule has 23 heavy (non-hydrogen) atoms. The summed E-state index contributed by atoms with van der Waals surface area (Å²) in [5, 5.41) is 0. The van der Waals surface area contributed by atoms with Crippen LogP contribution in [0.1, 0.15) is 72.1 Å². The number of hydrogen-bond donors (Lipinski definition) is 0. The molecule has 1 fully saturated rings. The average molecular weight is 451 g/mol. The standard InChI is InChI=1S/C7H13O2S.3C4H9.Sn/c1-8-6-9-7-2-4-10-5-3-7;3*1-3-4-2;/h2-6H2,1H3;3*1,3-4H2,2H3;. The van der Waals surface area contributed by atoms with Crippen LogP contribution in [0.25, 0.3) is 0 Å². The second-order valence-corrected chi connectivity index (χ2v) is 22.7. The average Bonchev–Trinajstić information content (AvgIpc) is 2.60. The molecule has 4 heteroatoms. The van der Waals surface area contributed by atoms with Gasteiger partial charge in [0.25, 0.3) is 0 Å². The first-order chi connectivity index (χ1) is 11.2. The second-order valence-electron chi connectivity index (χ2n) is 7.25. The third-order valence-electron chi connectivity index (χ3n) is 5.75. The first-order valence-corrected chi connectivity index (χ1v) is 18.5. The van der Waals surface area contributed by atoms with Crippen LogP contribution >= 0.6 is 11.8 Å². The molecule has 1 rings (SSSR count). The molecule has 0 spiro atoms. The van der Waals surface area contributed by atoms with Gasteiger partial charge in [-0.2, -0.15) is 0 Å². The molecule has 0 aromatic carbocycles. The first kappa shape index (κ1) is 22.1. The molecule has 138 valence electrons. The quantitative estimate of drug-likeness (QED) is 0.243. The van der Waals surface area contributed by atoms with Gasteiger partial charge in [0.05, 0.1) is 0 Å². The molecule has 1 heterocycles. The van der Waals surface area contributed by atoms with Crippen molar-refractivity contribution in [2.24, 2.45) is 0 Å². The van der Waals surface area contributed by atoms with Crippen LogP contribution in [-0.4, -0.2) is 47.4 Å². The fourth-order valence-electron chi connectivity index (χ4n) is 4.30. The van der Waals surface area contributed by atoms with Crippen molar-refractivity contribution in [3.63, 3.8) is 0 Å². The number of thioether (sulfide) groups is 1. The molecular weight excluding hydrogens is 411 g/mol. The van der Waals surface area contributed by atoms with E-state index >= 15 is 0 Å². The summed E-state index contributed by atoms with van der Waals surface area (Å²) >= 11 is -0.260. The van der Waals surface area contributed by atoms with Crippen molar-refractivity contribution in [3.8, 4) is 0 Å². The van der Waals surface area contributed by atoms with Gasteiger partial charge in [-0.25, -0.2) is 0 Å². The van der Waals surface area contributed by atoms with Gasteiger partial charge in [-0.1, -0.05) is 0 Å². The summed E-state index contributed by atoms with van der Waals surface area (Å²) in [7, 11) is 1.78. The molecule has 1 aliphatic heterocycles. The van der Waals surface area contributed by atoms with Crippen LogP contribution in [0.15, 0.2) is 0 Å². The van der Waals surface area contributed by atoms with E-state index in [0.29, 0.717) is 6.79 Å². The maximum atomic E-state index is 6.63. The van der Waals surface area contributed by atoms with Crippen LogP contribution in [-0.2, 0) is 9.47 Å². The predicted octanol–water partition coefficient (Wildman–Crippen LogP) is 6.26. The predicted molar refractivity (Wildman–Crippen MR) is 107 cm³/mol. The van der Waals surface area contributed by atoms with Gasteiger partial charge in [0, 0.05) is 0 Å². The minimum absolute atomic E-state index is 0.259. The monoisotopic (exact) mass is 452 g/mol. The maximum absolute atomic E-state index is 6.63. The van der Waals surface area contributed by atoms with Crippen LogP contribution in [0.4, 0.5) is 0 Å². The van der Waals surface area contributed by atoms with Gasteiger partial charge in [-0.05, 0) is 0 Å². The molecule has 0 bridgehead atoms. The van der Waals surface area contributed by atoms with Crippen LogP contribution in [0, 0.1) is 0 Å². The van der Waals surface area contributed by atoms with Crippen molar-refractivity contribution >= 4 is 30.1 Å². The van der Waals surface area contributed by atoms with Gasteiger partial charge in [0.1, 0.15) is 0 Å². The Morgan fingerprint density at radius 1 is 0.870 bits per heavy atom. The van der Waals surface area contributed by atoms with Gasteiger partial charge in [-0.3, -0.25) is 0 Å². The van der Waals surface area contributed by atoms with Gasteiger partial charge in [0.15, 0.2) is 0 Å². The number of hydrogen-bond acceptors (Lipinski definition) is 3. The molecule has 0 amide bonds. The number of rotatable bonds is 13. The Labute approximate surface area is 153 Å². The van der Waals surface area contributed by atoms with Crippen molar-refractivity contribution in [3.05, 3.63) is 0 Å². The summed E-state index contributed by atoms with van der Waals surface area (Å²) in [6.45, 7) is 7.58. The van der Waals surface area contributed by atoms with E-state index in [-0.39, 0.29) is 3.62 Å². The zero-order valence-corrected chi connectivity index (χ0v) is 19.8. The van der Waals surface area contributed by atoms with Gasteiger partial charge in [0.2, 0.25) is 0 Å². The third-order valence-corrected chi connectivity index (χ3v) is 25.3. The zero-order valence-electron chi connectivity index (χ0n) is 16.1. The molecule has 1 aliphatic rings. The molecule has 0 atom stereocenters. The number of unbranched alkanes of at least 4 members (excludes halogenated alkanes) is 3. The number of ether oxygens (including phenoxy) is 2. The van der Waals surface area contributed by atoms with Crippen LogP contribution < -0.4 is 0 Å². The summed E-state index contributed by atoms with van der Waals surface area (Å²) < 4.78 is 16.9. The Kier molecular flexibility index (Phi) is 11.9. The second kappa shape index (κ2) is 12.4. The normalized spacial score (nSPS) is 18.3. The van der Waals surface area contributed by atoms with Crippen LogP contribution in [0.5, 0.6) is 0 Å². The first-order valence-electron chi connectivity index (χ1n) is 9.91. The summed E-state index contributed by atoms with van der Waals surface area (Å²) in [5.74, 6) is 2.60. The Morgan fingerprint density at radius 3 is 1.74 bits per heavy atom. The van der Waals surface area contributed by atoms with Crippen molar-refractivity contribution in [2.45, 2.75) is 89.1 Å². The van der Waals surface area contributed by atoms with E-state index in [4.69, 9.17) is 9.47 Å². The van der Waals surface area contributed by atoms with Crippen LogP contribution in [0.2, 0.25) is 13.3 Å². The van der Waals surface area contributed by atoms with Crippen molar-refractivity contribution < 1.29 is 9.47 Å². The summed E-state index contributed by atoms with van der Waals surface area (Å²) in [5.41, 5.74) is 0. The van der Waals surface area contributed by atoms with E-state index in [1.54, 1.807) is 20.4 Å². The Balaban J connectivity index is 3.09.